The number of rotatable bonds is 7. The molecule has 0 aliphatic carbocycles. The van der Waals surface area contributed by atoms with Gasteiger partial charge in [0.25, 0.3) is 0 Å². The summed E-state index contributed by atoms with van der Waals surface area (Å²) in [7, 11) is 0. The summed E-state index contributed by atoms with van der Waals surface area (Å²) in [6, 6.07) is 15.9. The molecule has 1 aliphatic rings. The van der Waals surface area contributed by atoms with Crippen molar-refractivity contribution in [2.45, 2.75) is 31.6 Å². The van der Waals surface area contributed by atoms with Crippen LogP contribution < -0.4 is 10.1 Å². The number of halogens is 3. The monoisotopic (exact) mass is 378 g/mol. The van der Waals surface area contributed by atoms with Gasteiger partial charge in [-0.2, -0.15) is 13.2 Å². The van der Waals surface area contributed by atoms with E-state index in [2.05, 4.69) is 34.5 Å². The van der Waals surface area contributed by atoms with E-state index < -0.39 is 11.7 Å². The molecule has 1 aliphatic heterocycles. The number of nitrogens with zero attached hydrogens (tertiary/aromatic N) is 1. The topological polar surface area (TPSA) is 24.5 Å². The fraction of sp³-hybridized carbons (Fsp3) is 0.429. The van der Waals surface area contributed by atoms with Gasteiger partial charge in [0.1, 0.15) is 12.4 Å². The Balaban J connectivity index is 1.34. The van der Waals surface area contributed by atoms with Crippen molar-refractivity contribution in [3.05, 3.63) is 65.7 Å². The molecule has 1 saturated heterocycles. The van der Waals surface area contributed by atoms with Gasteiger partial charge in [-0.3, -0.25) is 4.90 Å². The fourth-order valence-electron chi connectivity index (χ4n) is 3.33. The first-order valence-corrected chi connectivity index (χ1v) is 9.30. The Kier molecular flexibility index (Phi) is 6.74. The molecule has 1 heterocycles. The van der Waals surface area contributed by atoms with E-state index in [1.807, 2.05) is 6.07 Å². The minimum absolute atomic E-state index is 0.254. The maximum Gasteiger partial charge on any atom is 0.416 e. The normalized spacial score (nSPS) is 16.4. The van der Waals surface area contributed by atoms with Crippen LogP contribution in [-0.4, -0.2) is 37.2 Å². The summed E-state index contributed by atoms with van der Waals surface area (Å²) in [5.41, 5.74) is 0.650. The molecule has 0 aromatic heterocycles. The van der Waals surface area contributed by atoms with E-state index in [1.54, 1.807) is 6.07 Å². The SMILES string of the molecule is FC(F)(F)c1cccc(OCCNC2CCN(Cc3ccccc3)CC2)c1. The number of nitrogens with one attached hydrogen (secondary N) is 1. The van der Waals surface area contributed by atoms with Crippen LogP contribution in [0.15, 0.2) is 54.6 Å². The average Bonchev–Trinajstić information content (AvgIpc) is 2.67. The van der Waals surface area contributed by atoms with Crippen LogP contribution in [0.25, 0.3) is 0 Å². The van der Waals surface area contributed by atoms with Crippen LogP contribution in [0.4, 0.5) is 13.2 Å². The lowest BCUT2D eigenvalue weighted by molar-refractivity contribution is -0.137. The molecule has 0 radical (unpaired) electrons. The molecule has 2 aromatic carbocycles. The van der Waals surface area contributed by atoms with Gasteiger partial charge in [0.15, 0.2) is 0 Å². The van der Waals surface area contributed by atoms with Crippen molar-refractivity contribution in [1.82, 2.24) is 10.2 Å². The molecule has 146 valence electrons. The number of piperidine rings is 1. The molecule has 6 heteroatoms. The van der Waals surface area contributed by atoms with E-state index in [4.69, 9.17) is 4.74 Å². The lowest BCUT2D eigenvalue weighted by atomic mass is 10.0. The first-order chi connectivity index (χ1) is 13.0. The molecule has 0 unspecified atom stereocenters. The molecule has 0 amide bonds. The Morgan fingerprint density at radius 2 is 1.74 bits per heavy atom. The second kappa shape index (κ2) is 9.24. The van der Waals surface area contributed by atoms with Crippen molar-refractivity contribution in [2.75, 3.05) is 26.2 Å². The van der Waals surface area contributed by atoms with Crippen LogP contribution in [-0.2, 0) is 12.7 Å². The summed E-state index contributed by atoms with van der Waals surface area (Å²) in [6.45, 7) is 4.04. The average molecular weight is 378 g/mol. The first-order valence-electron chi connectivity index (χ1n) is 9.30. The van der Waals surface area contributed by atoms with Gasteiger partial charge < -0.3 is 10.1 Å². The van der Waals surface area contributed by atoms with Crippen LogP contribution in [0.1, 0.15) is 24.0 Å². The Morgan fingerprint density at radius 3 is 2.44 bits per heavy atom. The molecule has 1 N–H and O–H groups in total. The lowest BCUT2D eigenvalue weighted by Gasteiger charge is -2.32. The molecule has 2 aromatic rings. The Labute approximate surface area is 158 Å². The number of benzene rings is 2. The van der Waals surface area contributed by atoms with Gasteiger partial charge in [0.05, 0.1) is 5.56 Å². The van der Waals surface area contributed by atoms with Crippen molar-refractivity contribution in [3.63, 3.8) is 0 Å². The molecule has 3 nitrogen and oxygen atoms in total. The largest absolute Gasteiger partial charge is 0.492 e. The zero-order chi connectivity index (χ0) is 19.1. The van der Waals surface area contributed by atoms with Gasteiger partial charge in [-0.1, -0.05) is 36.4 Å². The Morgan fingerprint density at radius 1 is 1.00 bits per heavy atom. The minimum atomic E-state index is -4.34. The number of hydrogen-bond acceptors (Lipinski definition) is 3. The Hall–Kier alpha value is -2.05. The second-order valence-electron chi connectivity index (χ2n) is 6.86. The van der Waals surface area contributed by atoms with E-state index >= 15 is 0 Å². The summed E-state index contributed by atoms with van der Waals surface area (Å²) >= 11 is 0. The highest BCUT2D eigenvalue weighted by Crippen LogP contribution is 2.31. The highest BCUT2D eigenvalue weighted by atomic mass is 19.4. The Bertz CT molecular complexity index is 698. The van der Waals surface area contributed by atoms with Gasteiger partial charge >= 0.3 is 6.18 Å². The van der Waals surface area contributed by atoms with Gasteiger partial charge in [-0.25, -0.2) is 0 Å². The van der Waals surface area contributed by atoms with E-state index in [-0.39, 0.29) is 5.75 Å². The standard InChI is InChI=1S/C21H25F3N2O/c22-21(23,24)18-7-4-8-20(15-18)27-14-11-25-19-9-12-26(13-10-19)16-17-5-2-1-3-6-17/h1-8,15,19,25H,9-14,16H2. The van der Waals surface area contributed by atoms with Crippen LogP contribution in [0.5, 0.6) is 5.75 Å². The summed E-state index contributed by atoms with van der Waals surface area (Å²) in [6.07, 6.45) is -2.21. The van der Waals surface area contributed by atoms with Crippen molar-refractivity contribution in [2.24, 2.45) is 0 Å². The molecule has 3 rings (SSSR count). The van der Waals surface area contributed by atoms with Gasteiger partial charge in [0.2, 0.25) is 0 Å². The molecule has 1 fully saturated rings. The van der Waals surface area contributed by atoms with Gasteiger partial charge in [0, 0.05) is 19.1 Å². The molecule has 0 spiro atoms. The van der Waals surface area contributed by atoms with E-state index in [0.29, 0.717) is 19.2 Å². The molecule has 0 saturated carbocycles. The third kappa shape index (κ3) is 6.26. The van der Waals surface area contributed by atoms with E-state index in [1.165, 1.54) is 11.6 Å². The van der Waals surface area contributed by atoms with E-state index in [0.717, 1.165) is 44.6 Å². The van der Waals surface area contributed by atoms with Crippen molar-refractivity contribution >= 4 is 0 Å². The highest BCUT2D eigenvalue weighted by Gasteiger charge is 2.30. The van der Waals surface area contributed by atoms with Crippen LogP contribution >= 0.6 is 0 Å². The van der Waals surface area contributed by atoms with Crippen molar-refractivity contribution in [3.8, 4) is 5.75 Å². The third-order valence-electron chi connectivity index (χ3n) is 4.80. The van der Waals surface area contributed by atoms with Crippen molar-refractivity contribution in [1.29, 1.82) is 0 Å². The number of ether oxygens (including phenoxy) is 1. The third-order valence-corrected chi connectivity index (χ3v) is 4.80. The van der Waals surface area contributed by atoms with Gasteiger partial charge in [-0.05, 0) is 49.7 Å². The van der Waals surface area contributed by atoms with Crippen LogP contribution in [0, 0.1) is 0 Å². The van der Waals surface area contributed by atoms with Crippen LogP contribution in [0.3, 0.4) is 0 Å². The van der Waals surface area contributed by atoms with Crippen molar-refractivity contribution < 1.29 is 17.9 Å². The maximum absolute atomic E-state index is 12.7. The summed E-state index contributed by atoms with van der Waals surface area (Å²) in [5, 5.41) is 3.45. The number of alkyl halides is 3. The van der Waals surface area contributed by atoms with Gasteiger partial charge in [-0.15, -0.1) is 0 Å². The second-order valence-corrected chi connectivity index (χ2v) is 6.86. The maximum atomic E-state index is 12.7. The quantitative estimate of drug-likeness (QED) is 0.726. The first kappa shape index (κ1) is 19.7. The highest BCUT2D eigenvalue weighted by molar-refractivity contribution is 5.30. The zero-order valence-corrected chi connectivity index (χ0v) is 15.2. The summed E-state index contributed by atoms with van der Waals surface area (Å²) < 4.78 is 43.5. The summed E-state index contributed by atoms with van der Waals surface area (Å²) in [4.78, 5) is 2.45. The summed E-state index contributed by atoms with van der Waals surface area (Å²) in [5.74, 6) is 0.254. The zero-order valence-electron chi connectivity index (χ0n) is 15.2. The van der Waals surface area contributed by atoms with E-state index in [9.17, 15) is 13.2 Å². The lowest BCUT2D eigenvalue weighted by Crippen LogP contribution is -2.43. The number of hydrogen-bond donors (Lipinski definition) is 1. The smallest absolute Gasteiger partial charge is 0.416 e. The predicted octanol–water partition coefficient (Wildman–Crippen LogP) is 4.34. The molecular formula is C21H25F3N2O. The molecule has 0 bridgehead atoms. The van der Waals surface area contributed by atoms with Crippen LogP contribution in [0.2, 0.25) is 0 Å². The number of likely N-dealkylation sites (tertiary alicyclic amines) is 1. The molecular weight excluding hydrogens is 353 g/mol. The molecule has 0 atom stereocenters. The predicted molar refractivity (Wildman–Crippen MR) is 99.7 cm³/mol. The fourth-order valence-corrected chi connectivity index (χ4v) is 3.33. The minimum Gasteiger partial charge on any atom is -0.492 e. The molecule has 27 heavy (non-hydrogen) atoms.